The summed E-state index contributed by atoms with van der Waals surface area (Å²) >= 11 is 0. The maximum atomic E-state index is 12.8. The van der Waals surface area contributed by atoms with Crippen LogP contribution in [0.5, 0.6) is 5.75 Å². The Morgan fingerprint density at radius 3 is 2.45 bits per heavy atom. The van der Waals surface area contributed by atoms with Gasteiger partial charge in [-0.25, -0.2) is 0 Å². The highest BCUT2D eigenvalue weighted by molar-refractivity contribution is 5.94. The molecule has 1 fully saturated rings. The van der Waals surface area contributed by atoms with Crippen molar-refractivity contribution in [2.24, 2.45) is 11.3 Å². The zero-order valence-corrected chi connectivity index (χ0v) is 19.7. The number of ketones is 1. The maximum absolute atomic E-state index is 12.8. The number of carbonyl (C=O) groups excluding carboxylic acids is 3. The lowest BCUT2D eigenvalue weighted by molar-refractivity contribution is -0.141. The van der Waals surface area contributed by atoms with E-state index < -0.39 is 6.10 Å². The first-order valence-corrected chi connectivity index (χ1v) is 11.0. The van der Waals surface area contributed by atoms with E-state index in [0.29, 0.717) is 43.8 Å². The van der Waals surface area contributed by atoms with E-state index in [2.05, 4.69) is 24.1 Å². The number of hydrogen-bond donors (Lipinski definition) is 1. The van der Waals surface area contributed by atoms with Crippen LogP contribution >= 0.6 is 0 Å². The summed E-state index contributed by atoms with van der Waals surface area (Å²) in [6, 6.07) is 6.86. The zero-order chi connectivity index (χ0) is 23.2. The van der Waals surface area contributed by atoms with Gasteiger partial charge in [-0.15, -0.1) is 0 Å². The molecule has 7 nitrogen and oxygen atoms in total. The van der Waals surface area contributed by atoms with E-state index in [0.717, 1.165) is 6.54 Å². The molecule has 2 rings (SSSR count). The van der Waals surface area contributed by atoms with Gasteiger partial charge in [0.25, 0.3) is 5.91 Å². The first-order valence-electron chi connectivity index (χ1n) is 11.0. The van der Waals surface area contributed by atoms with E-state index in [9.17, 15) is 14.4 Å². The number of nitrogens with one attached hydrogen (secondary N) is 1. The summed E-state index contributed by atoms with van der Waals surface area (Å²) in [4.78, 5) is 40.8. The molecule has 1 aromatic carbocycles. The van der Waals surface area contributed by atoms with Gasteiger partial charge in [-0.2, -0.15) is 0 Å². The molecule has 1 aliphatic heterocycles. The molecule has 31 heavy (non-hydrogen) atoms. The van der Waals surface area contributed by atoms with Crippen LogP contribution in [-0.4, -0.2) is 73.8 Å². The van der Waals surface area contributed by atoms with Crippen LogP contribution in [0.4, 0.5) is 0 Å². The largest absolute Gasteiger partial charge is 0.481 e. The van der Waals surface area contributed by atoms with Crippen molar-refractivity contribution in [3.63, 3.8) is 0 Å². The van der Waals surface area contributed by atoms with E-state index in [-0.39, 0.29) is 28.9 Å². The number of carbonyl (C=O) groups is 3. The van der Waals surface area contributed by atoms with Gasteiger partial charge in [-0.1, -0.05) is 26.0 Å². The van der Waals surface area contributed by atoms with Crippen LogP contribution in [-0.2, 0) is 9.59 Å². The summed E-state index contributed by atoms with van der Waals surface area (Å²) in [6.07, 6.45) is 0.649. The lowest BCUT2D eigenvalue weighted by Gasteiger charge is -2.34. The molecule has 0 bridgehead atoms. The van der Waals surface area contributed by atoms with Crippen molar-refractivity contribution in [1.82, 2.24) is 15.1 Å². The first kappa shape index (κ1) is 24.9. The maximum Gasteiger partial charge on any atom is 0.263 e. The Balaban J connectivity index is 1.82. The zero-order valence-electron chi connectivity index (χ0n) is 19.7. The fourth-order valence-electron chi connectivity index (χ4n) is 4.04. The normalized spacial score (nSPS) is 16.2. The number of nitrogens with zero attached hydrogens (tertiary/aromatic N) is 2. The predicted octanol–water partition coefficient (Wildman–Crippen LogP) is 2.60. The Bertz CT molecular complexity index is 783. The molecule has 0 spiro atoms. The minimum Gasteiger partial charge on any atom is -0.481 e. The molecular formula is C24H37N3O4. The molecule has 172 valence electrons. The van der Waals surface area contributed by atoms with Crippen molar-refractivity contribution in [2.75, 3.05) is 40.3 Å². The number of hydrogen-bond acceptors (Lipinski definition) is 5. The number of amides is 2. The van der Waals surface area contributed by atoms with Gasteiger partial charge in [0.15, 0.2) is 11.9 Å². The molecule has 0 radical (unpaired) electrons. The number of piperidine rings is 1. The first-order chi connectivity index (χ1) is 14.5. The number of rotatable bonds is 9. The highest BCUT2D eigenvalue weighted by Crippen LogP contribution is 2.21. The molecule has 1 aliphatic rings. The van der Waals surface area contributed by atoms with Crippen LogP contribution in [0.1, 0.15) is 50.9 Å². The van der Waals surface area contributed by atoms with Crippen molar-refractivity contribution < 1.29 is 19.1 Å². The van der Waals surface area contributed by atoms with Gasteiger partial charge in [0.1, 0.15) is 5.75 Å². The van der Waals surface area contributed by atoms with E-state index in [4.69, 9.17) is 4.74 Å². The van der Waals surface area contributed by atoms with Gasteiger partial charge < -0.3 is 19.9 Å². The minimum absolute atomic E-state index is 0.00227. The molecule has 1 N–H and O–H groups in total. The summed E-state index contributed by atoms with van der Waals surface area (Å²) in [7, 11) is 4.06. The van der Waals surface area contributed by atoms with Gasteiger partial charge >= 0.3 is 0 Å². The second kappa shape index (κ2) is 10.8. The van der Waals surface area contributed by atoms with Crippen molar-refractivity contribution in [3.8, 4) is 5.75 Å². The van der Waals surface area contributed by atoms with Crippen molar-refractivity contribution in [3.05, 3.63) is 29.8 Å². The lowest BCUT2D eigenvalue weighted by Crippen LogP contribution is -2.48. The fourth-order valence-corrected chi connectivity index (χ4v) is 4.04. The minimum atomic E-state index is -0.653. The summed E-state index contributed by atoms with van der Waals surface area (Å²) < 4.78 is 5.78. The van der Waals surface area contributed by atoms with Crippen LogP contribution in [0.3, 0.4) is 0 Å². The third kappa shape index (κ3) is 7.65. The van der Waals surface area contributed by atoms with E-state index in [1.165, 1.54) is 6.92 Å². The van der Waals surface area contributed by atoms with Gasteiger partial charge in [-0.05, 0) is 58.3 Å². The molecule has 7 heteroatoms. The third-order valence-electron chi connectivity index (χ3n) is 5.56. The molecule has 2 amide bonds. The second-order valence-electron chi connectivity index (χ2n) is 9.56. The van der Waals surface area contributed by atoms with Crippen LogP contribution < -0.4 is 10.1 Å². The van der Waals surface area contributed by atoms with Crippen LogP contribution in [0.25, 0.3) is 0 Å². The summed E-state index contributed by atoms with van der Waals surface area (Å²) in [5, 5.41) is 3.09. The second-order valence-corrected chi connectivity index (χ2v) is 9.56. The monoisotopic (exact) mass is 431 g/mol. The average molecular weight is 432 g/mol. The molecule has 1 heterocycles. The number of benzene rings is 1. The molecule has 0 saturated carbocycles. The molecule has 1 saturated heterocycles. The Morgan fingerprint density at radius 2 is 1.87 bits per heavy atom. The quantitative estimate of drug-likeness (QED) is 0.608. The van der Waals surface area contributed by atoms with Crippen LogP contribution in [0.15, 0.2) is 24.3 Å². The van der Waals surface area contributed by atoms with E-state index in [1.807, 2.05) is 14.1 Å². The topological polar surface area (TPSA) is 79.0 Å². The van der Waals surface area contributed by atoms with Crippen LogP contribution in [0, 0.1) is 11.3 Å². The Kier molecular flexibility index (Phi) is 8.62. The molecule has 1 unspecified atom stereocenters. The molecule has 0 aliphatic carbocycles. The predicted molar refractivity (Wildman–Crippen MR) is 121 cm³/mol. The lowest BCUT2D eigenvalue weighted by atomic mass is 9.91. The standard InChI is InChI=1S/C24H37N3O4/c1-17(28)20-8-7-9-21(14-20)31-18(2)23(30)27-12-10-19(11-13-27)22(29)25-15-24(3,4)16-26(5)6/h7-9,14,18-19H,10-13,15-16H2,1-6H3,(H,25,29). The Labute approximate surface area is 186 Å². The third-order valence-corrected chi connectivity index (χ3v) is 5.56. The summed E-state index contributed by atoms with van der Waals surface area (Å²) in [5.41, 5.74) is 0.556. The number of Topliss-reactive ketones (excluding diaryl/α,β-unsaturated/α-hetero) is 1. The SMILES string of the molecule is CC(=O)c1cccc(OC(C)C(=O)N2CCC(C(=O)NCC(C)(C)CN(C)C)CC2)c1. The molecule has 1 atom stereocenters. The smallest absolute Gasteiger partial charge is 0.263 e. The van der Waals surface area contributed by atoms with E-state index >= 15 is 0 Å². The van der Waals surface area contributed by atoms with Gasteiger partial charge in [0.05, 0.1) is 0 Å². The molecule has 1 aromatic rings. The van der Waals surface area contributed by atoms with Crippen molar-refractivity contribution >= 4 is 17.6 Å². The van der Waals surface area contributed by atoms with Crippen molar-refractivity contribution in [2.45, 2.75) is 46.6 Å². The van der Waals surface area contributed by atoms with Gasteiger partial charge in [0.2, 0.25) is 5.91 Å². The van der Waals surface area contributed by atoms with Crippen LogP contribution in [0.2, 0.25) is 0 Å². The fraction of sp³-hybridized carbons (Fsp3) is 0.625. The number of ether oxygens (including phenoxy) is 1. The Morgan fingerprint density at radius 1 is 1.23 bits per heavy atom. The average Bonchev–Trinajstić information content (AvgIpc) is 2.71. The highest BCUT2D eigenvalue weighted by atomic mass is 16.5. The summed E-state index contributed by atoms with van der Waals surface area (Å²) in [5.74, 6) is 0.365. The Hall–Kier alpha value is -2.41. The van der Waals surface area contributed by atoms with Crippen molar-refractivity contribution in [1.29, 1.82) is 0 Å². The highest BCUT2D eigenvalue weighted by Gasteiger charge is 2.31. The van der Waals surface area contributed by atoms with Gasteiger partial charge in [0, 0.05) is 37.7 Å². The van der Waals surface area contributed by atoms with Gasteiger partial charge in [-0.3, -0.25) is 14.4 Å². The van der Waals surface area contributed by atoms with E-state index in [1.54, 1.807) is 36.1 Å². The number of likely N-dealkylation sites (tertiary alicyclic amines) is 1. The molecule has 0 aromatic heterocycles. The summed E-state index contributed by atoms with van der Waals surface area (Å²) in [6.45, 7) is 10.1. The molecular weight excluding hydrogens is 394 g/mol.